The van der Waals surface area contributed by atoms with E-state index in [0.717, 1.165) is 4.90 Å². The number of halogens is 2. The van der Waals surface area contributed by atoms with E-state index in [4.69, 9.17) is 23.2 Å². The number of urea groups is 1. The van der Waals surface area contributed by atoms with Gasteiger partial charge < -0.3 is 4.90 Å². The van der Waals surface area contributed by atoms with Crippen LogP contribution in [0.25, 0.3) is 0 Å². The molecule has 2 rings (SSSR count). The lowest BCUT2D eigenvalue weighted by molar-refractivity contribution is -0.123. The molecular weight excluding hydrogens is 287 g/mol. The third-order valence-corrected chi connectivity index (χ3v) is 4.04. The summed E-state index contributed by atoms with van der Waals surface area (Å²) in [7, 11) is 0. The summed E-state index contributed by atoms with van der Waals surface area (Å²) >= 11 is 11.8. The molecule has 0 spiro atoms. The Labute approximate surface area is 121 Å². The van der Waals surface area contributed by atoms with Gasteiger partial charge >= 0.3 is 6.03 Å². The first kappa shape index (κ1) is 14.2. The molecule has 0 atom stereocenters. The molecule has 0 bridgehead atoms. The van der Waals surface area contributed by atoms with Crippen LogP contribution in [0.3, 0.4) is 0 Å². The average Bonchev–Trinajstić information content (AvgIpc) is 2.50. The fourth-order valence-corrected chi connectivity index (χ4v) is 2.51. The summed E-state index contributed by atoms with van der Waals surface area (Å²) in [5, 5.41) is 0.698. The Hall–Kier alpha value is -1.26. The van der Waals surface area contributed by atoms with Gasteiger partial charge in [-0.1, -0.05) is 23.2 Å². The van der Waals surface area contributed by atoms with E-state index in [1.807, 2.05) is 6.92 Å². The maximum atomic E-state index is 12.4. The number of hydrogen-bond acceptors (Lipinski definition) is 2. The van der Waals surface area contributed by atoms with Crippen molar-refractivity contribution in [2.75, 3.05) is 11.4 Å². The molecule has 6 heteroatoms. The molecule has 4 nitrogen and oxygen atoms in total. The zero-order chi connectivity index (χ0) is 14.4. The number of amides is 3. The second-order valence-electron chi connectivity index (χ2n) is 4.82. The molecule has 1 aliphatic heterocycles. The highest BCUT2D eigenvalue weighted by molar-refractivity contribution is 6.42. The molecule has 19 heavy (non-hydrogen) atoms. The fraction of sp³-hybridized carbons (Fsp3) is 0.385. The van der Waals surface area contributed by atoms with E-state index >= 15 is 0 Å². The van der Waals surface area contributed by atoms with Crippen molar-refractivity contribution >= 4 is 40.8 Å². The van der Waals surface area contributed by atoms with Crippen molar-refractivity contribution in [2.24, 2.45) is 0 Å². The number of hydrogen-bond donors (Lipinski definition) is 0. The van der Waals surface area contributed by atoms with Crippen LogP contribution < -0.4 is 4.90 Å². The van der Waals surface area contributed by atoms with Gasteiger partial charge in [0.2, 0.25) is 0 Å². The Morgan fingerprint density at radius 1 is 1.16 bits per heavy atom. The van der Waals surface area contributed by atoms with Crippen molar-refractivity contribution in [1.82, 2.24) is 4.90 Å². The number of likely N-dealkylation sites (N-methyl/N-ethyl adjacent to an activating group) is 1. The molecule has 0 radical (unpaired) electrons. The average molecular weight is 301 g/mol. The van der Waals surface area contributed by atoms with Crippen LogP contribution >= 0.6 is 23.2 Å². The molecule has 1 fully saturated rings. The van der Waals surface area contributed by atoms with Crippen molar-refractivity contribution in [3.05, 3.63) is 28.2 Å². The summed E-state index contributed by atoms with van der Waals surface area (Å²) in [5.74, 6) is -0.266. The van der Waals surface area contributed by atoms with E-state index in [2.05, 4.69) is 0 Å². The highest BCUT2D eigenvalue weighted by atomic mass is 35.5. The first-order chi connectivity index (χ1) is 8.80. The van der Waals surface area contributed by atoms with E-state index in [0.29, 0.717) is 22.3 Å². The Balaban J connectivity index is 2.48. The first-order valence-electron chi connectivity index (χ1n) is 5.92. The summed E-state index contributed by atoms with van der Waals surface area (Å²) in [4.78, 5) is 27.4. The van der Waals surface area contributed by atoms with Gasteiger partial charge in [0.1, 0.15) is 5.54 Å². The number of benzene rings is 1. The summed E-state index contributed by atoms with van der Waals surface area (Å²) in [6.45, 7) is 5.77. The number of anilines is 1. The number of carbonyl (C=O) groups excluding carboxylic acids is 2. The van der Waals surface area contributed by atoms with Crippen molar-refractivity contribution in [3.8, 4) is 0 Å². The van der Waals surface area contributed by atoms with E-state index in [1.165, 1.54) is 11.0 Å². The number of imide groups is 1. The third kappa shape index (κ3) is 2.09. The Bertz CT molecular complexity index is 558. The Morgan fingerprint density at radius 3 is 2.26 bits per heavy atom. The quantitative estimate of drug-likeness (QED) is 0.784. The molecule has 1 aromatic carbocycles. The molecule has 0 aliphatic carbocycles. The second kappa shape index (κ2) is 4.69. The fourth-order valence-electron chi connectivity index (χ4n) is 2.22. The van der Waals surface area contributed by atoms with Crippen molar-refractivity contribution < 1.29 is 9.59 Å². The standard InChI is InChI=1S/C13H14Cl2N2O2/c1-4-16-12(19)17(11(18)13(16,2)3)8-5-6-9(14)10(15)7-8/h5-7H,4H2,1-3H3. The maximum Gasteiger partial charge on any atom is 0.332 e. The molecule has 1 aliphatic rings. The molecule has 0 N–H and O–H groups in total. The van der Waals surface area contributed by atoms with Gasteiger partial charge in [-0.3, -0.25) is 4.79 Å². The van der Waals surface area contributed by atoms with Crippen LogP contribution in [0, 0.1) is 0 Å². The Kier molecular flexibility index (Phi) is 3.49. The summed E-state index contributed by atoms with van der Waals surface area (Å²) in [6.07, 6.45) is 0. The van der Waals surface area contributed by atoms with Gasteiger partial charge in [-0.15, -0.1) is 0 Å². The van der Waals surface area contributed by atoms with Crippen LogP contribution in [0.4, 0.5) is 10.5 Å². The zero-order valence-electron chi connectivity index (χ0n) is 10.9. The van der Waals surface area contributed by atoms with Crippen LogP contribution in [0.2, 0.25) is 10.0 Å². The summed E-state index contributed by atoms with van der Waals surface area (Å²) in [5.41, 5.74) is -0.411. The minimum atomic E-state index is -0.849. The Morgan fingerprint density at radius 2 is 1.79 bits per heavy atom. The lowest BCUT2D eigenvalue weighted by Gasteiger charge is -2.25. The van der Waals surface area contributed by atoms with Crippen LogP contribution in [-0.2, 0) is 4.79 Å². The van der Waals surface area contributed by atoms with Gasteiger partial charge in [0.25, 0.3) is 5.91 Å². The van der Waals surface area contributed by atoms with Crippen LogP contribution in [0.15, 0.2) is 18.2 Å². The van der Waals surface area contributed by atoms with E-state index in [1.54, 1.807) is 26.0 Å². The monoisotopic (exact) mass is 300 g/mol. The van der Waals surface area contributed by atoms with Gasteiger partial charge in [0, 0.05) is 6.54 Å². The molecular formula is C13H14Cl2N2O2. The SMILES string of the molecule is CCN1C(=O)N(c2ccc(Cl)c(Cl)c2)C(=O)C1(C)C. The van der Waals surface area contributed by atoms with Gasteiger partial charge in [0.15, 0.2) is 0 Å². The lowest BCUT2D eigenvalue weighted by atomic mass is 10.0. The molecule has 1 aromatic rings. The minimum absolute atomic E-state index is 0.266. The smallest absolute Gasteiger partial charge is 0.310 e. The molecule has 0 unspecified atom stereocenters. The second-order valence-corrected chi connectivity index (χ2v) is 5.64. The van der Waals surface area contributed by atoms with E-state index < -0.39 is 5.54 Å². The van der Waals surface area contributed by atoms with Gasteiger partial charge in [-0.2, -0.15) is 0 Å². The number of rotatable bonds is 2. The predicted molar refractivity (Wildman–Crippen MR) is 75.8 cm³/mol. The van der Waals surface area contributed by atoms with Crippen molar-refractivity contribution in [1.29, 1.82) is 0 Å². The summed E-state index contributed by atoms with van der Waals surface area (Å²) < 4.78 is 0. The normalized spacial score (nSPS) is 18.4. The molecule has 1 heterocycles. The largest absolute Gasteiger partial charge is 0.332 e. The predicted octanol–water partition coefficient (Wildman–Crippen LogP) is 3.56. The summed E-state index contributed by atoms with van der Waals surface area (Å²) in [6, 6.07) is 4.37. The lowest BCUT2D eigenvalue weighted by Crippen LogP contribution is -2.43. The van der Waals surface area contributed by atoms with E-state index in [-0.39, 0.29) is 11.9 Å². The molecule has 0 saturated carbocycles. The number of nitrogens with zero attached hydrogens (tertiary/aromatic N) is 2. The molecule has 3 amide bonds. The first-order valence-corrected chi connectivity index (χ1v) is 6.67. The van der Waals surface area contributed by atoms with Crippen LogP contribution in [-0.4, -0.2) is 28.9 Å². The number of carbonyl (C=O) groups is 2. The molecule has 1 saturated heterocycles. The third-order valence-electron chi connectivity index (χ3n) is 3.30. The maximum absolute atomic E-state index is 12.4. The van der Waals surface area contributed by atoms with Crippen LogP contribution in [0.1, 0.15) is 20.8 Å². The highest BCUT2D eigenvalue weighted by Crippen LogP contribution is 2.34. The van der Waals surface area contributed by atoms with Gasteiger partial charge in [-0.25, -0.2) is 9.69 Å². The van der Waals surface area contributed by atoms with Gasteiger partial charge in [-0.05, 0) is 39.0 Å². The van der Waals surface area contributed by atoms with Crippen molar-refractivity contribution in [2.45, 2.75) is 26.3 Å². The minimum Gasteiger partial charge on any atom is -0.310 e. The topological polar surface area (TPSA) is 40.6 Å². The van der Waals surface area contributed by atoms with E-state index in [9.17, 15) is 9.59 Å². The van der Waals surface area contributed by atoms with Crippen LogP contribution in [0.5, 0.6) is 0 Å². The zero-order valence-corrected chi connectivity index (χ0v) is 12.4. The highest BCUT2D eigenvalue weighted by Gasteiger charge is 2.51. The van der Waals surface area contributed by atoms with Crippen molar-refractivity contribution in [3.63, 3.8) is 0 Å². The van der Waals surface area contributed by atoms with Gasteiger partial charge in [0.05, 0.1) is 15.7 Å². The molecule has 102 valence electrons. The molecule has 0 aromatic heterocycles.